The molecule has 0 bridgehead atoms. The molecule has 0 aliphatic heterocycles. The minimum Gasteiger partial charge on any atom is -0.385 e. The maximum absolute atomic E-state index is 4.29. The Bertz CT molecular complexity index is 829. The van der Waals surface area contributed by atoms with E-state index in [1.807, 2.05) is 25.2 Å². The lowest BCUT2D eigenvalue weighted by atomic mass is 10.1. The molecule has 1 heterocycles. The summed E-state index contributed by atoms with van der Waals surface area (Å²) in [5.74, 6) is 0.851. The third-order valence-corrected chi connectivity index (χ3v) is 4.33. The predicted octanol–water partition coefficient (Wildman–Crippen LogP) is 4.00. The molecule has 4 N–H and O–H groups in total. The zero-order chi connectivity index (χ0) is 18.0. The van der Waals surface area contributed by atoms with Gasteiger partial charge in [-0.05, 0) is 36.6 Å². The normalized spacial score (nSPS) is 11.1. The summed E-state index contributed by atoms with van der Waals surface area (Å²) < 4.78 is 0. The van der Waals surface area contributed by atoms with E-state index in [0.717, 1.165) is 44.1 Å². The summed E-state index contributed by atoms with van der Waals surface area (Å²) in [6.07, 6.45) is 4.08. The van der Waals surface area contributed by atoms with Crippen LogP contribution < -0.4 is 16.0 Å². The number of nitrogens with zero attached hydrogens (tertiary/aromatic N) is 1. The summed E-state index contributed by atoms with van der Waals surface area (Å²) in [6.45, 7) is 2.67. The maximum atomic E-state index is 4.29. The lowest BCUT2D eigenvalue weighted by Crippen LogP contribution is -2.39. The molecule has 3 aromatic rings. The van der Waals surface area contributed by atoms with Crippen molar-refractivity contribution < 1.29 is 0 Å². The molecule has 0 saturated heterocycles. The molecular formula is C21H28IN5. The van der Waals surface area contributed by atoms with Crippen LogP contribution in [0.25, 0.3) is 10.9 Å². The molecule has 27 heavy (non-hydrogen) atoms. The minimum absolute atomic E-state index is 0. The van der Waals surface area contributed by atoms with Gasteiger partial charge in [-0.2, -0.15) is 0 Å². The number of aromatic nitrogens is 1. The molecule has 0 saturated carbocycles. The highest BCUT2D eigenvalue weighted by Gasteiger charge is 2.03. The number of para-hydroxylation sites is 2. The van der Waals surface area contributed by atoms with Gasteiger partial charge >= 0.3 is 0 Å². The van der Waals surface area contributed by atoms with E-state index in [0.29, 0.717) is 0 Å². The van der Waals surface area contributed by atoms with Crippen molar-refractivity contribution in [2.24, 2.45) is 4.99 Å². The van der Waals surface area contributed by atoms with E-state index in [2.05, 4.69) is 68.5 Å². The summed E-state index contributed by atoms with van der Waals surface area (Å²) in [5, 5.41) is 11.5. The Kier molecular flexibility index (Phi) is 8.97. The third-order valence-electron chi connectivity index (χ3n) is 4.33. The minimum atomic E-state index is 0. The van der Waals surface area contributed by atoms with Crippen molar-refractivity contribution in [1.29, 1.82) is 0 Å². The quantitative estimate of drug-likeness (QED) is 0.172. The molecule has 0 spiro atoms. The molecule has 0 atom stereocenters. The van der Waals surface area contributed by atoms with Crippen LogP contribution >= 0.6 is 24.0 Å². The van der Waals surface area contributed by atoms with Gasteiger partial charge in [0.25, 0.3) is 0 Å². The van der Waals surface area contributed by atoms with Crippen molar-refractivity contribution in [2.75, 3.05) is 32.0 Å². The number of hydrogen-bond acceptors (Lipinski definition) is 2. The summed E-state index contributed by atoms with van der Waals surface area (Å²) in [6, 6.07) is 18.7. The average molecular weight is 477 g/mol. The largest absolute Gasteiger partial charge is 0.385 e. The topological polar surface area (TPSA) is 64.2 Å². The molecule has 144 valence electrons. The molecule has 0 fully saturated rings. The fraction of sp³-hybridized carbons (Fsp3) is 0.286. The summed E-state index contributed by atoms with van der Waals surface area (Å²) in [4.78, 5) is 7.61. The Hall–Kier alpha value is -2.22. The smallest absolute Gasteiger partial charge is 0.190 e. The van der Waals surface area contributed by atoms with Crippen molar-refractivity contribution in [1.82, 2.24) is 15.6 Å². The Morgan fingerprint density at radius 3 is 2.48 bits per heavy atom. The first-order chi connectivity index (χ1) is 12.9. The number of rotatable bonds is 8. The fourth-order valence-corrected chi connectivity index (χ4v) is 2.96. The zero-order valence-corrected chi connectivity index (χ0v) is 18.0. The molecule has 0 unspecified atom stereocenters. The molecular weight excluding hydrogens is 449 g/mol. The third kappa shape index (κ3) is 6.46. The fourth-order valence-electron chi connectivity index (χ4n) is 2.96. The highest BCUT2D eigenvalue weighted by Crippen LogP contribution is 2.17. The number of aliphatic imine (C=N–C) groups is 1. The number of benzene rings is 2. The predicted molar refractivity (Wildman–Crippen MR) is 126 cm³/mol. The first-order valence-corrected chi connectivity index (χ1v) is 9.15. The molecule has 0 amide bonds. The summed E-state index contributed by atoms with van der Waals surface area (Å²) in [5.41, 5.74) is 3.68. The number of hydrogen-bond donors (Lipinski definition) is 4. The Balaban J connectivity index is 0.00000261. The van der Waals surface area contributed by atoms with Gasteiger partial charge in [-0.1, -0.05) is 36.4 Å². The van der Waals surface area contributed by atoms with Crippen LogP contribution in [0.5, 0.6) is 0 Å². The van der Waals surface area contributed by atoms with Crippen molar-refractivity contribution in [2.45, 2.75) is 12.8 Å². The molecule has 1 aromatic heterocycles. The van der Waals surface area contributed by atoms with Gasteiger partial charge in [0.05, 0.1) is 0 Å². The molecule has 6 heteroatoms. The lowest BCUT2D eigenvalue weighted by molar-refractivity contribution is 0.758. The van der Waals surface area contributed by atoms with Crippen molar-refractivity contribution in [3.63, 3.8) is 0 Å². The second-order valence-corrected chi connectivity index (χ2v) is 6.18. The van der Waals surface area contributed by atoms with Gasteiger partial charge in [0.1, 0.15) is 0 Å². The van der Waals surface area contributed by atoms with Crippen molar-refractivity contribution in [3.05, 3.63) is 66.4 Å². The van der Waals surface area contributed by atoms with Crippen molar-refractivity contribution in [3.8, 4) is 0 Å². The second kappa shape index (κ2) is 11.5. The first kappa shape index (κ1) is 21.1. The van der Waals surface area contributed by atoms with E-state index < -0.39 is 0 Å². The van der Waals surface area contributed by atoms with Crippen LogP contribution in [-0.2, 0) is 6.42 Å². The average Bonchev–Trinajstić information content (AvgIpc) is 3.10. The number of aromatic amines is 1. The van der Waals surface area contributed by atoms with Crippen LogP contribution in [0.3, 0.4) is 0 Å². The molecule has 0 aliphatic carbocycles. The second-order valence-electron chi connectivity index (χ2n) is 6.18. The molecule has 5 nitrogen and oxygen atoms in total. The summed E-state index contributed by atoms with van der Waals surface area (Å²) >= 11 is 0. The summed E-state index contributed by atoms with van der Waals surface area (Å²) in [7, 11) is 1.81. The van der Waals surface area contributed by atoms with E-state index >= 15 is 0 Å². The van der Waals surface area contributed by atoms with E-state index in [9.17, 15) is 0 Å². The lowest BCUT2D eigenvalue weighted by Gasteiger charge is -2.12. The van der Waals surface area contributed by atoms with E-state index in [1.165, 1.54) is 16.5 Å². The molecule has 0 radical (unpaired) electrons. The number of fused-ring (bicyclic) bond motifs is 1. The van der Waals surface area contributed by atoms with Gasteiger partial charge in [-0.15, -0.1) is 24.0 Å². The van der Waals surface area contributed by atoms with Gasteiger partial charge in [-0.25, -0.2) is 0 Å². The van der Waals surface area contributed by atoms with Gasteiger partial charge in [0.2, 0.25) is 0 Å². The highest BCUT2D eigenvalue weighted by molar-refractivity contribution is 14.0. The number of halogens is 1. The van der Waals surface area contributed by atoms with Crippen LogP contribution in [0.1, 0.15) is 12.0 Å². The number of nitrogens with one attached hydrogen (secondary N) is 4. The monoisotopic (exact) mass is 477 g/mol. The number of anilines is 1. The molecule has 2 aromatic carbocycles. The Labute approximate surface area is 178 Å². The van der Waals surface area contributed by atoms with E-state index in [-0.39, 0.29) is 24.0 Å². The SMILES string of the molecule is CN=C(NCCCNc1ccccc1)NCCc1c[nH]c2ccccc12.I. The van der Waals surface area contributed by atoms with Crippen molar-refractivity contribution >= 4 is 46.5 Å². The van der Waals surface area contributed by atoms with Crippen LogP contribution in [0.15, 0.2) is 65.8 Å². The Morgan fingerprint density at radius 1 is 0.926 bits per heavy atom. The van der Waals surface area contributed by atoms with E-state index in [1.54, 1.807) is 0 Å². The van der Waals surface area contributed by atoms with Crippen LogP contribution in [-0.4, -0.2) is 37.6 Å². The Morgan fingerprint density at radius 2 is 1.67 bits per heavy atom. The van der Waals surface area contributed by atoms with Crippen LogP contribution in [0, 0.1) is 0 Å². The molecule has 0 aliphatic rings. The zero-order valence-electron chi connectivity index (χ0n) is 15.7. The maximum Gasteiger partial charge on any atom is 0.190 e. The van der Waals surface area contributed by atoms with Gasteiger partial charge in [0, 0.05) is 49.5 Å². The number of guanidine groups is 1. The van der Waals surface area contributed by atoms with Gasteiger partial charge in [-0.3, -0.25) is 4.99 Å². The van der Waals surface area contributed by atoms with Gasteiger partial charge in [0.15, 0.2) is 5.96 Å². The molecule has 3 rings (SSSR count). The number of H-pyrrole nitrogens is 1. The first-order valence-electron chi connectivity index (χ1n) is 9.15. The highest BCUT2D eigenvalue weighted by atomic mass is 127. The van der Waals surface area contributed by atoms with Gasteiger partial charge < -0.3 is 20.9 Å². The van der Waals surface area contributed by atoms with Crippen LogP contribution in [0.2, 0.25) is 0 Å². The standard InChI is InChI=1S/C21H27N5.HI/c1-22-21(24-14-7-13-23-18-8-3-2-4-9-18)25-15-12-17-16-26-20-11-6-5-10-19(17)20;/h2-6,8-11,16,23,26H,7,12-15H2,1H3,(H2,22,24,25);1H. The van der Waals surface area contributed by atoms with Crippen LogP contribution in [0.4, 0.5) is 5.69 Å². The van der Waals surface area contributed by atoms with E-state index in [4.69, 9.17) is 0 Å².